The minimum absolute atomic E-state index is 0.496. The molecule has 0 bridgehead atoms. The van der Waals surface area contributed by atoms with Crippen LogP contribution in [-0.4, -0.2) is 19.1 Å². The molecule has 0 aliphatic rings. The lowest BCUT2D eigenvalue weighted by molar-refractivity contribution is 0.249. The minimum atomic E-state index is -0.496. The molecule has 0 fully saturated rings. The maximum atomic E-state index is 10.5. The van der Waals surface area contributed by atoms with Crippen LogP contribution >= 0.6 is 0 Å². The Hall–Kier alpha value is -2.01. The number of hydrogen-bond donors (Lipinski definition) is 3. The number of primary amides is 1. The monoisotopic (exact) mass is 261 g/mol. The Balaban J connectivity index is 2.01. The van der Waals surface area contributed by atoms with Crippen LogP contribution in [0.15, 0.2) is 28.7 Å². The lowest BCUT2D eigenvalue weighted by Crippen LogP contribution is -2.35. The van der Waals surface area contributed by atoms with Gasteiger partial charge in [0.05, 0.1) is 0 Å². The number of amides is 2. The summed E-state index contributed by atoms with van der Waals surface area (Å²) in [6.07, 6.45) is 0.866. The Bertz CT molecular complexity index is 563. The number of urea groups is 1. The van der Waals surface area contributed by atoms with Crippen molar-refractivity contribution in [2.24, 2.45) is 5.73 Å². The number of furan rings is 1. The number of benzene rings is 1. The molecule has 0 aliphatic carbocycles. The molecule has 0 radical (unpaired) electrons. The second-order valence-electron chi connectivity index (χ2n) is 4.32. The van der Waals surface area contributed by atoms with Gasteiger partial charge in [-0.1, -0.05) is 25.1 Å². The summed E-state index contributed by atoms with van der Waals surface area (Å²) in [5.74, 6) is 1.01. The molecule has 1 heterocycles. The predicted octanol–water partition coefficient (Wildman–Crippen LogP) is 1.75. The Morgan fingerprint density at radius 2 is 2.11 bits per heavy atom. The lowest BCUT2D eigenvalue weighted by Gasteiger charge is -2.05. The van der Waals surface area contributed by atoms with Crippen LogP contribution in [-0.2, 0) is 13.0 Å². The molecule has 5 heteroatoms. The SMILES string of the molecule is CCc1oc2ccccc2c1CNCCNC(N)=O. The van der Waals surface area contributed by atoms with E-state index in [9.17, 15) is 4.79 Å². The molecular formula is C14H19N3O2. The number of nitrogens with two attached hydrogens (primary N) is 1. The molecule has 2 amide bonds. The fourth-order valence-electron chi connectivity index (χ4n) is 2.12. The fraction of sp³-hybridized carbons (Fsp3) is 0.357. The molecule has 5 nitrogen and oxygen atoms in total. The van der Waals surface area contributed by atoms with Gasteiger partial charge < -0.3 is 20.8 Å². The Morgan fingerprint density at radius 3 is 2.84 bits per heavy atom. The molecule has 2 rings (SSSR count). The summed E-state index contributed by atoms with van der Waals surface area (Å²) in [4.78, 5) is 10.5. The molecule has 0 saturated carbocycles. The van der Waals surface area contributed by atoms with Gasteiger partial charge in [0.25, 0.3) is 0 Å². The first-order chi connectivity index (χ1) is 9.22. The van der Waals surface area contributed by atoms with Gasteiger partial charge in [-0.05, 0) is 6.07 Å². The zero-order valence-electron chi connectivity index (χ0n) is 11.0. The normalized spacial score (nSPS) is 10.8. The number of para-hydroxylation sites is 1. The van der Waals surface area contributed by atoms with Gasteiger partial charge in [0, 0.05) is 37.0 Å². The molecule has 2 aromatic rings. The van der Waals surface area contributed by atoms with Gasteiger partial charge in [-0.25, -0.2) is 4.79 Å². The summed E-state index contributed by atoms with van der Waals surface area (Å²) in [6.45, 7) is 3.99. The van der Waals surface area contributed by atoms with Gasteiger partial charge in [-0.3, -0.25) is 0 Å². The van der Waals surface area contributed by atoms with Gasteiger partial charge in [0.15, 0.2) is 0 Å². The molecule has 4 N–H and O–H groups in total. The molecule has 0 aliphatic heterocycles. The van der Waals surface area contributed by atoms with E-state index in [1.54, 1.807) is 0 Å². The number of carbonyl (C=O) groups is 1. The second-order valence-corrected chi connectivity index (χ2v) is 4.32. The molecule has 1 aromatic carbocycles. The summed E-state index contributed by atoms with van der Waals surface area (Å²) in [5.41, 5.74) is 7.11. The van der Waals surface area contributed by atoms with Crippen LogP contribution in [0, 0.1) is 0 Å². The molecule has 0 spiro atoms. The van der Waals surface area contributed by atoms with Crippen LogP contribution in [0.4, 0.5) is 4.79 Å². The quantitative estimate of drug-likeness (QED) is 0.693. The first-order valence-corrected chi connectivity index (χ1v) is 6.45. The third-order valence-electron chi connectivity index (χ3n) is 3.01. The van der Waals surface area contributed by atoms with E-state index in [4.69, 9.17) is 10.2 Å². The van der Waals surface area contributed by atoms with Crippen molar-refractivity contribution in [3.8, 4) is 0 Å². The highest BCUT2D eigenvalue weighted by molar-refractivity contribution is 5.82. The second kappa shape index (κ2) is 6.24. The zero-order chi connectivity index (χ0) is 13.7. The number of fused-ring (bicyclic) bond motifs is 1. The van der Waals surface area contributed by atoms with Crippen molar-refractivity contribution in [2.45, 2.75) is 19.9 Å². The molecule has 102 valence electrons. The van der Waals surface area contributed by atoms with E-state index in [0.29, 0.717) is 13.1 Å². The fourth-order valence-corrected chi connectivity index (χ4v) is 2.12. The topological polar surface area (TPSA) is 80.3 Å². The minimum Gasteiger partial charge on any atom is -0.461 e. The average molecular weight is 261 g/mol. The molecular weight excluding hydrogens is 242 g/mol. The largest absolute Gasteiger partial charge is 0.461 e. The van der Waals surface area contributed by atoms with Crippen molar-refractivity contribution in [3.05, 3.63) is 35.6 Å². The van der Waals surface area contributed by atoms with E-state index in [1.165, 1.54) is 5.56 Å². The summed E-state index contributed by atoms with van der Waals surface area (Å²) in [5, 5.41) is 6.97. The first-order valence-electron chi connectivity index (χ1n) is 6.45. The van der Waals surface area contributed by atoms with Crippen molar-refractivity contribution in [1.82, 2.24) is 10.6 Å². The number of carbonyl (C=O) groups excluding carboxylic acids is 1. The maximum Gasteiger partial charge on any atom is 0.312 e. The van der Waals surface area contributed by atoms with Crippen molar-refractivity contribution < 1.29 is 9.21 Å². The van der Waals surface area contributed by atoms with Gasteiger partial charge in [-0.2, -0.15) is 0 Å². The standard InChI is InChI=1S/C14H19N3O2/c1-2-12-11(9-16-7-8-17-14(15)18)10-5-3-4-6-13(10)19-12/h3-6,16H,2,7-9H2,1H3,(H3,15,17,18). The Kier molecular flexibility index (Phi) is 4.41. The van der Waals surface area contributed by atoms with Crippen LogP contribution in [0.25, 0.3) is 11.0 Å². The lowest BCUT2D eigenvalue weighted by atomic mass is 10.1. The van der Waals surface area contributed by atoms with E-state index in [2.05, 4.69) is 23.6 Å². The highest BCUT2D eigenvalue weighted by Gasteiger charge is 2.11. The first kappa shape index (κ1) is 13.4. The van der Waals surface area contributed by atoms with E-state index < -0.39 is 6.03 Å². The Labute approximate surface area is 112 Å². The highest BCUT2D eigenvalue weighted by atomic mass is 16.3. The summed E-state index contributed by atoms with van der Waals surface area (Å²) < 4.78 is 5.81. The number of rotatable bonds is 6. The number of nitrogens with one attached hydrogen (secondary N) is 2. The zero-order valence-corrected chi connectivity index (χ0v) is 11.0. The number of aryl methyl sites for hydroxylation is 1. The van der Waals surface area contributed by atoms with E-state index in [0.717, 1.165) is 29.7 Å². The van der Waals surface area contributed by atoms with Gasteiger partial charge >= 0.3 is 6.03 Å². The Morgan fingerprint density at radius 1 is 1.32 bits per heavy atom. The van der Waals surface area contributed by atoms with Crippen LogP contribution in [0.5, 0.6) is 0 Å². The van der Waals surface area contributed by atoms with Crippen LogP contribution < -0.4 is 16.4 Å². The molecule has 0 saturated heterocycles. The van der Waals surface area contributed by atoms with E-state index in [1.807, 2.05) is 18.2 Å². The van der Waals surface area contributed by atoms with E-state index in [-0.39, 0.29) is 0 Å². The summed E-state index contributed by atoms with van der Waals surface area (Å²) in [7, 11) is 0. The van der Waals surface area contributed by atoms with Crippen LogP contribution in [0.1, 0.15) is 18.2 Å². The van der Waals surface area contributed by atoms with Crippen LogP contribution in [0.3, 0.4) is 0 Å². The third-order valence-corrected chi connectivity index (χ3v) is 3.01. The van der Waals surface area contributed by atoms with E-state index >= 15 is 0 Å². The van der Waals surface area contributed by atoms with Crippen molar-refractivity contribution >= 4 is 17.0 Å². The third kappa shape index (κ3) is 3.26. The van der Waals surface area contributed by atoms with Gasteiger partial charge in [0.2, 0.25) is 0 Å². The van der Waals surface area contributed by atoms with Crippen molar-refractivity contribution in [1.29, 1.82) is 0 Å². The maximum absolute atomic E-state index is 10.5. The van der Waals surface area contributed by atoms with Crippen molar-refractivity contribution in [3.63, 3.8) is 0 Å². The summed E-state index contributed by atoms with van der Waals surface area (Å²) >= 11 is 0. The highest BCUT2D eigenvalue weighted by Crippen LogP contribution is 2.25. The average Bonchev–Trinajstić information content (AvgIpc) is 2.76. The predicted molar refractivity (Wildman–Crippen MR) is 74.9 cm³/mol. The van der Waals surface area contributed by atoms with Crippen LogP contribution in [0.2, 0.25) is 0 Å². The van der Waals surface area contributed by atoms with Gasteiger partial charge in [0.1, 0.15) is 11.3 Å². The molecule has 0 atom stereocenters. The molecule has 0 unspecified atom stereocenters. The molecule has 1 aromatic heterocycles. The molecule has 19 heavy (non-hydrogen) atoms. The summed E-state index contributed by atoms with van der Waals surface area (Å²) in [6, 6.07) is 7.53. The van der Waals surface area contributed by atoms with Gasteiger partial charge in [-0.15, -0.1) is 0 Å². The van der Waals surface area contributed by atoms with Crippen molar-refractivity contribution in [2.75, 3.05) is 13.1 Å². The smallest absolute Gasteiger partial charge is 0.312 e. The number of hydrogen-bond acceptors (Lipinski definition) is 3.